The lowest BCUT2D eigenvalue weighted by Crippen LogP contribution is -2.58. The van der Waals surface area contributed by atoms with E-state index in [9.17, 15) is 9.90 Å². The van der Waals surface area contributed by atoms with Crippen LogP contribution in [0.5, 0.6) is 0 Å². The summed E-state index contributed by atoms with van der Waals surface area (Å²) in [5.41, 5.74) is -0.856. The summed E-state index contributed by atoms with van der Waals surface area (Å²) < 4.78 is 0. The van der Waals surface area contributed by atoms with Crippen molar-refractivity contribution in [2.24, 2.45) is 0 Å². The summed E-state index contributed by atoms with van der Waals surface area (Å²) in [6.07, 6.45) is 3.53. The van der Waals surface area contributed by atoms with Crippen molar-refractivity contribution in [3.8, 4) is 0 Å². The number of rotatable bonds is 10. The molecule has 0 aromatic rings. The van der Waals surface area contributed by atoms with E-state index in [2.05, 4.69) is 31.0 Å². The van der Waals surface area contributed by atoms with Gasteiger partial charge in [-0.2, -0.15) is 0 Å². The van der Waals surface area contributed by atoms with Crippen molar-refractivity contribution in [2.75, 3.05) is 19.6 Å². The van der Waals surface area contributed by atoms with E-state index < -0.39 is 11.5 Å². The number of carboxylic acids is 1. The molecule has 0 bridgehead atoms. The molecule has 0 saturated carbocycles. The number of hydrogen-bond donors (Lipinski definition) is 2. The fraction of sp³-hybridized carbons (Fsp3) is 0.929. The van der Waals surface area contributed by atoms with Crippen molar-refractivity contribution >= 4 is 5.97 Å². The molecule has 0 amide bonds. The predicted octanol–water partition coefficient (Wildman–Crippen LogP) is 2.34. The molecule has 0 spiro atoms. The van der Waals surface area contributed by atoms with Gasteiger partial charge in [-0.1, -0.05) is 26.7 Å². The molecule has 108 valence electrons. The molecular weight excluding hydrogens is 228 g/mol. The number of hydrogen-bond acceptors (Lipinski definition) is 3. The molecule has 4 heteroatoms. The summed E-state index contributed by atoms with van der Waals surface area (Å²) in [6.45, 7) is 12.3. The van der Waals surface area contributed by atoms with Gasteiger partial charge < -0.3 is 10.4 Å². The van der Waals surface area contributed by atoms with Crippen LogP contribution in [0.4, 0.5) is 0 Å². The molecule has 0 saturated heterocycles. The van der Waals surface area contributed by atoms with Gasteiger partial charge in [0.05, 0.1) is 0 Å². The van der Waals surface area contributed by atoms with Crippen molar-refractivity contribution in [2.45, 2.75) is 65.5 Å². The van der Waals surface area contributed by atoms with Crippen molar-refractivity contribution in [1.82, 2.24) is 10.2 Å². The minimum absolute atomic E-state index is 0.374. The van der Waals surface area contributed by atoms with Crippen LogP contribution in [0, 0.1) is 0 Å². The molecule has 1 unspecified atom stereocenters. The van der Waals surface area contributed by atoms with Gasteiger partial charge in [0.1, 0.15) is 5.54 Å². The number of nitrogens with one attached hydrogen (secondary N) is 1. The Morgan fingerprint density at radius 1 is 1.33 bits per heavy atom. The number of nitrogens with zero attached hydrogens (tertiary/aromatic N) is 1. The molecule has 0 radical (unpaired) electrons. The lowest BCUT2D eigenvalue weighted by atomic mass is 10.0. The van der Waals surface area contributed by atoms with E-state index in [1.54, 1.807) is 6.92 Å². The highest BCUT2D eigenvalue weighted by molar-refractivity contribution is 5.78. The molecule has 1 atom stereocenters. The third-order valence-corrected chi connectivity index (χ3v) is 3.34. The minimum atomic E-state index is -0.856. The molecular formula is C14H30N2O2. The van der Waals surface area contributed by atoms with Crippen molar-refractivity contribution < 1.29 is 9.90 Å². The van der Waals surface area contributed by atoms with Crippen molar-refractivity contribution in [1.29, 1.82) is 0 Å². The molecule has 18 heavy (non-hydrogen) atoms. The van der Waals surface area contributed by atoms with Crippen LogP contribution < -0.4 is 5.32 Å². The predicted molar refractivity (Wildman–Crippen MR) is 76.0 cm³/mol. The van der Waals surface area contributed by atoms with Crippen molar-refractivity contribution in [3.63, 3.8) is 0 Å². The third-order valence-electron chi connectivity index (χ3n) is 3.34. The Balaban J connectivity index is 4.56. The molecule has 4 nitrogen and oxygen atoms in total. The highest BCUT2D eigenvalue weighted by Crippen LogP contribution is 2.12. The summed E-state index contributed by atoms with van der Waals surface area (Å²) in [6, 6.07) is 0.374. The number of likely N-dealkylation sites (N-methyl/N-ethyl adjacent to an activating group) is 1. The zero-order valence-corrected chi connectivity index (χ0v) is 12.6. The van der Waals surface area contributed by atoms with Crippen LogP contribution in [0.2, 0.25) is 0 Å². The Morgan fingerprint density at radius 3 is 2.33 bits per heavy atom. The third kappa shape index (κ3) is 5.83. The number of carboxylic acid groups (broad SMARTS) is 1. The lowest BCUT2D eigenvalue weighted by molar-refractivity contribution is -0.145. The molecule has 2 N–H and O–H groups in total. The van der Waals surface area contributed by atoms with Crippen LogP contribution in [0.3, 0.4) is 0 Å². The highest BCUT2D eigenvalue weighted by atomic mass is 16.4. The van der Waals surface area contributed by atoms with Gasteiger partial charge in [-0.3, -0.25) is 9.69 Å². The Labute approximate surface area is 112 Å². The topological polar surface area (TPSA) is 52.6 Å². The van der Waals surface area contributed by atoms with Crippen LogP contribution in [-0.4, -0.2) is 47.2 Å². The van der Waals surface area contributed by atoms with Gasteiger partial charge in [0, 0.05) is 12.6 Å². The maximum Gasteiger partial charge on any atom is 0.324 e. The Morgan fingerprint density at radius 2 is 1.94 bits per heavy atom. The first-order chi connectivity index (χ1) is 8.37. The largest absolute Gasteiger partial charge is 0.480 e. The highest BCUT2D eigenvalue weighted by Gasteiger charge is 2.34. The summed E-state index contributed by atoms with van der Waals surface area (Å²) >= 11 is 0. The maximum atomic E-state index is 11.4. The van der Waals surface area contributed by atoms with Crippen LogP contribution in [0.25, 0.3) is 0 Å². The first-order valence-corrected chi connectivity index (χ1v) is 7.09. The van der Waals surface area contributed by atoms with Crippen molar-refractivity contribution in [3.05, 3.63) is 0 Å². The quantitative estimate of drug-likeness (QED) is 0.591. The number of unbranched alkanes of at least 4 members (excludes halogenated alkanes) is 2. The Hall–Kier alpha value is -0.610. The van der Waals surface area contributed by atoms with Gasteiger partial charge in [0.15, 0.2) is 0 Å². The first kappa shape index (κ1) is 17.4. The SMILES string of the molecule is CCCCCN(CC(C)(NCC)C(=O)O)C(C)C. The summed E-state index contributed by atoms with van der Waals surface area (Å²) in [7, 11) is 0. The zero-order valence-electron chi connectivity index (χ0n) is 12.6. The van der Waals surface area contributed by atoms with Gasteiger partial charge in [-0.05, 0) is 40.3 Å². The fourth-order valence-electron chi connectivity index (χ4n) is 2.08. The summed E-state index contributed by atoms with van der Waals surface area (Å²) in [5.74, 6) is -0.773. The van der Waals surface area contributed by atoms with E-state index in [1.807, 2.05) is 6.92 Å². The first-order valence-electron chi connectivity index (χ1n) is 7.09. The molecule has 0 aromatic carbocycles. The minimum Gasteiger partial charge on any atom is -0.480 e. The zero-order chi connectivity index (χ0) is 14.2. The average Bonchev–Trinajstić information content (AvgIpc) is 2.28. The molecule has 0 fully saturated rings. The van der Waals surface area contributed by atoms with E-state index >= 15 is 0 Å². The van der Waals surface area contributed by atoms with Gasteiger partial charge in [-0.25, -0.2) is 0 Å². The summed E-state index contributed by atoms with van der Waals surface area (Å²) in [5, 5.41) is 12.5. The maximum absolute atomic E-state index is 11.4. The number of carbonyl (C=O) groups is 1. The Kier molecular flexibility index (Phi) is 8.20. The second-order valence-electron chi connectivity index (χ2n) is 5.44. The molecule has 0 aromatic heterocycles. The van der Waals surface area contributed by atoms with Crippen LogP contribution >= 0.6 is 0 Å². The van der Waals surface area contributed by atoms with Gasteiger partial charge >= 0.3 is 5.97 Å². The molecule has 0 heterocycles. The van der Waals surface area contributed by atoms with Crippen LogP contribution in [-0.2, 0) is 4.79 Å². The van der Waals surface area contributed by atoms with E-state index in [-0.39, 0.29) is 0 Å². The molecule has 0 aliphatic heterocycles. The van der Waals surface area contributed by atoms with Crippen LogP contribution in [0.15, 0.2) is 0 Å². The van der Waals surface area contributed by atoms with Gasteiger partial charge in [0.25, 0.3) is 0 Å². The Bertz CT molecular complexity index is 244. The smallest absolute Gasteiger partial charge is 0.324 e. The second-order valence-corrected chi connectivity index (χ2v) is 5.44. The molecule has 0 aliphatic rings. The fourth-order valence-corrected chi connectivity index (χ4v) is 2.08. The number of aliphatic carboxylic acids is 1. The van der Waals surface area contributed by atoms with E-state index in [0.717, 1.165) is 13.0 Å². The van der Waals surface area contributed by atoms with Crippen LogP contribution in [0.1, 0.15) is 53.9 Å². The molecule has 0 aliphatic carbocycles. The van der Waals surface area contributed by atoms with Gasteiger partial charge in [-0.15, -0.1) is 0 Å². The lowest BCUT2D eigenvalue weighted by Gasteiger charge is -2.35. The standard InChI is InChI=1S/C14H30N2O2/c1-6-8-9-10-16(12(3)4)11-14(5,13(17)18)15-7-2/h12,15H,6-11H2,1-5H3,(H,17,18). The van der Waals surface area contributed by atoms with Gasteiger partial charge in [0.2, 0.25) is 0 Å². The second kappa shape index (κ2) is 8.48. The normalized spacial score (nSPS) is 15.1. The summed E-state index contributed by atoms with van der Waals surface area (Å²) in [4.78, 5) is 13.7. The van der Waals surface area contributed by atoms with E-state index in [0.29, 0.717) is 19.1 Å². The monoisotopic (exact) mass is 258 g/mol. The van der Waals surface area contributed by atoms with E-state index in [1.165, 1.54) is 12.8 Å². The molecule has 0 rings (SSSR count). The average molecular weight is 258 g/mol. The van der Waals surface area contributed by atoms with E-state index in [4.69, 9.17) is 0 Å².